The standard InChI is InChI=1S/C39H37NO5/c1-39(32-19-11-5-12-20-32,33-21-13-6-14-22-33)38(42)40-34(37(41)43-2)25-31-23-24-35(44-27-29-15-7-3-8-16-29)36(26-31)45-28-30-17-9-4-10-18-30/h3-24,26,34H,25,27-28H2,1-2H3,(H,40,42)/t34-/m1/s1. The van der Waals surface area contributed by atoms with E-state index in [1.807, 2.05) is 146 Å². The van der Waals surface area contributed by atoms with Crippen molar-refractivity contribution in [2.24, 2.45) is 0 Å². The smallest absolute Gasteiger partial charge is 0.328 e. The summed E-state index contributed by atoms with van der Waals surface area (Å²) < 4.78 is 17.6. The minimum atomic E-state index is -1.05. The molecule has 0 heterocycles. The van der Waals surface area contributed by atoms with E-state index in [4.69, 9.17) is 14.2 Å². The zero-order valence-corrected chi connectivity index (χ0v) is 25.5. The summed E-state index contributed by atoms with van der Waals surface area (Å²) in [6.07, 6.45) is 0.193. The van der Waals surface area contributed by atoms with Crippen molar-refractivity contribution in [2.45, 2.75) is 38.0 Å². The zero-order chi connectivity index (χ0) is 31.5. The number of methoxy groups -OCH3 is 1. The zero-order valence-electron chi connectivity index (χ0n) is 25.5. The van der Waals surface area contributed by atoms with Gasteiger partial charge in [-0.25, -0.2) is 4.79 Å². The lowest BCUT2D eigenvalue weighted by molar-refractivity contribution is -0.145. The molecule has 6 nitrogen and oxygen atoms in total. The van der Waals surface area contributed by atoms with Crippen LogP contribution in [-0.2, 0) is 39.4 Å². The number of benzene rings is 5. The first kappa shape index (κ1) is 31.1. The van der Waals surface area contributed by atoms with Crippen LogP contribution >= 0.6 is 0 Å². The molecule has 228 valence electrons. The molecule has 0 spiro atoms. The SMILES string of the molecule is COC(=O)[C@@H](Cc1ccc(OCc2ccccc2)c(OCc2ccccc2)c1)NC(=O)C(C)(c1ccccc1)c1ccccc1. The molecular weight excluding hydrogens is 562 g/mol. The summed E-state index contributed by atoms with van der Waals surface area (Å²) in [6.45, 7) is 2.59. The van der Waals surface area contributed by atoms with Crippen LogP contribution in [-0.4, -0.2) is 25.0 Å². The van der Waals surface area contributed by atoms with Gasteiger partial charge in [-0.2, -0.15) is 0 Å². The van der Waals surface area contributed by atoms with Crippen LogP contribution in [0.15, 0.2) is 140 Å². The van der Waals surface area contributed by atoms with Crippen LogP contribution in [0, 0.1) is 0 Å². The molecule has 0 bridgehead atoms. The van der Waals surface area contributed by atoms with E-state index < -0.39 is 17.4 Å². The van der Waals surface area contributed by atoms with Crippen molar-refractivity contribution in [3.05, 3.63) is 167 Å². The summed E-state index contributed by atoms with van der Waals surface area (Å²) in [6, 6.07) is 43.5. The van der Waals surface area contributed by atoms with Gasteiger partial charge in [-0.15, -0.1) is 0 Å². The van der Waals surface area contributed by atoms with Gasteiger partial charge in [0, 0.05) is 6.42 Å². The van der Waals surface area contributed by atoms with Crippen LogP contribution in [0.2, 0.25) is 0 Å². The van der Waals surface area contributed by atoms with E-state index in [-0.39, 0.29) is 12.3 Å². The normalized spacial score (nSPS) is 11.7. The number of rotatable bonds is 13. The first-order valence-corrected chi connectivity index (χ1v) is 14.9. The van der Waals surface area contributed by atoms with Gasteiger partial charge in [0.2, 0.25) is 5.91 Å². The average Bonchev–Trinajstić information content (AvgIpc) is 3.10. The fourth-order valence-corrected chi connectivity index (χ4v) is 5.23. The van der Waals surface area contributed by atoms with E-state index in [1.165, 1.54) is 7.11 Å². The number of carbonyl (C=O) groups is 2. The lowest BCUT2D eigenvalue weighted by atomic mass is 9.75. The first-order valence-electron chi connectivity index (χ1n) is 14.9. The summed E-state index contributed by atoms with van der Waals surface area (Å²) in [5.74, 6) is 0.278. The Kier molecular flexibility index (Phi) is 10.3. The van der Waals surface area contributed by atoms with Crippen molar-refractivity contribution >= 4 is 11.9 Å². The third-order valence-corrected chi connectivity index (χ3v) is 7.87. The Morgan fingerprint density at radius 1 is 0.622 bits per heavy atom. The van der Waals surface area contributed by atoms with E-state index in [0.29, 0.717) is 24.7 Å². The van der Waals surface area contributed by atoms with Crippen molar-refractivity contribution in [2.75, 3.05) is 7.11 Å². The highest BCUT2D eigenvalue weighted by molar-refractivity contribution is 5.94. The lowest BCUT2D eigenvalue weighted by Gasteiger charge is -2.31. The minimum absolute atomic E-state index is 0.193. The number of nitrogens with one attached hydrogen (secondary N) is 1. The van der Waals surface area contributed by atoms with Crippen molar-refractivity contribution in [1.82, 2.24) is 5.32 Å². The molecule has 0 aliphatic rings. The number of esters is 1. The van der Waals surface area contributed by atoms with Crippen LogP contribution in [0.25, 0.3) is 0 Å². The Morgan fingerprint density at radius 2 is 1.09 bits per heavy atom. The maximum Gasteiger partial charge on any atom is 0.328 e. The van der Waals surface area contributed by atoms with Crippen LogP contribution in [0.1, 0.15) is 34.7 Å². The summed E-state index contributed by atoms with van der Waals surface area (Å²) >= 11 is 0. The summed E-state index contributed by atoms with van der Waals surface area (Å²) in [7, 11) is 1.32. The number of amides is 1. The Labute approximate surface area is 264 Å². The number of hydrogen-bond donors (Lipinski definition) is 1. The van der Waals surface area contributed by atoms with Crippen molar-refractivity contribution < 1.29 is 23.8 Å². The maximum atomic E-state index is 14.1. The van der Waals surface area contributed by atoms with Crippen molar-refractivity contribution in [1.29, 1.82) is 0 Å². The molecular formula is C39H37NO5. The highest BCUT2D eigenvalue weighted by atomic mass is 16.5. The molecule has 1 atom stereocenters. The summed E-state index contributed by atoms with van der Waals surface area (Å²) in [5.41, 5.74) is 3.40. The molecule has 5 aromatic rings. The Morgan fingerprint density at radius 3 is 1.58 bits per heavy atom. The van der Waals surface area contributed by atoms with Crippen molar-refractivity contribution in [3.8, 4) is 11.5 Å². The van der Waals surface area contributed by atoms with E-state index in [1.54, 1.807) is 0 Å². The van der Waals surface area contributed by atoms with Crippen LogP contribution < -0.4 is 14.8 Å². The Bertz CT molecular complexity index is 1640. The van der Waals surface area contributed by atoms with Crippen LogP contribution in [0.4, 0.5) is 0 Å². The van der Waals surface area contributed by atoms with Gasteiger partial charge in [0.15, 0.2) is 11.5 Å². The average molecular weight is 600 g/mol. The molecule has 1 N–H and O–H groups in total. The fourth-order valence-electron chi connectivity index (χ4n) is 5.23. The lowest BCUT2D eigenvalue weighted by Crippen LogP contribution is -2.51. The molecule has 0 radical (unpaired) electrons. The van der Waals surface area contributed by atoms with Crippen LogP contribution in [0.3, 0.4) is 0 Å². The third kappa shape index (κ3) is 7.78. The van der Waals surface area contributed by atoms with Gasteiger partial charge in [-0.05, 0) is 46.9 Å². The van der Waals surface area contributed by atoms with E-state index in [2.05, 4.69) is 5.32 Å². The number of ether oxygens (including phenoxy) is 3. The first-order chi connectivity index (χ1) is 22.0. The second kappa shape index (κ2) is 14.9. The monoisotopic (exact) mass is 599 g/mol. The second-order valence-electron chi connectivity index (χ2n) is 10.9. The largest absolute Gasteiger partial charge is 0.485 e. The predicted octanol–water partition coefficient (Wildman–Crippen LogP) is 7.05. The quantitative estimate of drug-likeness (QED) is 0.147. The van der Waals surface area contributed by atoms with E-state index in [9.17, 15) is 9.59 Å². The molecule has 0 saturated heterocycles. The number of carbonyl (C=O) groups excluding carboxylic acids is 2. The van der Waals surface area contributed by atoms with Crippen LogP contribution in [0.5, 0.6) is 11.5 Å². The van der Waals surface area contributed by atoms with Gasteiger partial charge in [-0.1, -0.05) is 127 Å². The molecule has 1 amide bonds. The molecule has 6 heteroatoms. The fraction of sp³-hybridized carbons (Fsp3) is 0.179. The van der Waals surface area contributed by atoms with Gasteiger partial charge in [0.05, 0.1) is 12.5 Å². The minimum Gasteiger partial charge on any atom is -0.485 e. The Balaban J connectivity index is 1.41. The number of hydrogen-bond acceptors (Lipinski definition) is 5. The van der Waals surface area contributed by atoms with Gasteiger partial charge in [-0.3, -0.25) is 4.79 Å². The van der Waals surface area contributed by atoms with Gasteiger partial charge in [0.25, 0.3) is 0 Å². The third-order valence-electron chi connectivity index (χ3n) is 7.87. The molecule has 0 aliphatic carbocycles. The maximum absolute atomic E-state index is 14.1. The van der Waals surface area contributed by atoms with Gasteiger partial charge < -0.3 is 19.5 Å². The molecule has 0 saturated carbocycles. The molecule has 5 aromatic carbocycles. The molecule has 0 unspecified atom stereocenters. The molecule has 0 fully saturated rings. The molecule has 0 aromatic heterocycles. The summed E-state index contributed by atoms with van der Waals surface area (Å²) in [4.78, 5) is 27.2. The van der Waals surface area contributed by atoms with E-state index >= 15 is 0 Å². The second-order valence-corrected chi connectivity index (χ2v) is 10.9. The highest BCUT2D eigenvalue weighted by Gasteiger charge is 2.39. The molecule has 0 aliphatic heterocycles. The van der Waals surface area contributed by atoms with E-state index in [0.717, 1.165) is 27.8 Å². The van der Waals surface area contributed by atoms with Crippen molar-refractivity contribution in [3.63, 3.8) is 0 Å². The molecule has 45 heavy (non-hydrogen) atoms. The van der Waals surface area contributed by atoms with Gasteiger partial charge in [0.1, 0.15) is 19.3 Å². The summed E-state index contributed by atoms with van der Waals surface area (Å²) in [5, 5.41) is 3.01. The molecule has 5 rings (SSSR count). The highest BCUT2D eigenvalue weighted by Crippen LogP contribution is 2.33. The predicted molar refractivity (Wildman–Crippen MR) is 175 cm³/mol. The Hall–Kier alpha value is -5.36. The topological polar surface area (TPSA) is 73.9 Å². The van der Waals surface area contributed by atoms with Gasteiger partial charge >= 0.3 is 5.97 Å².